The lowest BCUT2D eigenvalue weighted by Crippen LogP contribution is -2.33. The number of carbonyl (C=O) groups is 2. The van der Waals surface area contributed by atoms with E-state index < -0.39 is 11.8 Å². The maximum absolute atomic E-state index is 12.1. The van der Waals surface area contributed by atoms with E-state index in [4.69, 9.17) is 23.2 Å². The van der Waals surface area contributed by atoms with E-state index in [9.17, 15) is 14.4 Å². The van der Waals surface area contributed by atoms with Crippen LogP contribution in [0.2, 0.25) is 10.0 Å². The van der Waals surface area contributed by atoms with Crippen molar-refractivity contribution in [1.29, 1.82) is 0 Å². The number of anilines is 1. The monoisotopic (exact) mass is 430 g/mol. The first-order valence-electron chi connectivity index (χ1n) is 8.56. The molecule has 2 N–H and O–H groups in total. The fourth-order valence-corrected chi connectivity index (χ4v) is 2.88. The molecule has 3 rings (SSSR count). The molecule has 0 aliphatic rings. The molecule has 148 valence electrons. The Balaban J connectivity index is 1.62. The Hall–Kier alpha value is -3.16. The number of carbonyl (C=O) groups excluding carboxylic acids is 2. The second-order valence-electron chi connectivity index (χ2n) is 6.07. The summed E-state index contributed by atoms with van der Waals surface area (Å²) in [6, 6.07) is 13.0. The fourth-order valence-electron chi connectivity index (χ4n) is 2.52. The van der Waals surface area contributed by atoms with Crippen molar-refractivity contribution in [3.63, 3.8) is 0 Å². The maximum atomic E-state index is 12.1. The van der Waals surface area contributed by atoms with Gasteiger partial charge in [-0.05, 0) is 29.8 Å². The average molecular weight is 431 g/mol. The summed E-state index contributed by atoms with van der Waals surface area (Å²) in [6.45, 7) is -0.00391. The van der Waals surface area contributed by atoms with E-state index in [2.05, 4.69) is 15.6 Å². The minimum Gasteiger partial charge on any atom is -0.342 e. The lowest BCUT2D eigenvalue weighted by molar-refractivity contribution is -0.115. The predicted octanol–water partition coefficient (Wildman–Crippen LogP) is 2.97. The third-order valence-electron chi connectivity index (χ3n) is 3.93. The van der Waals surface area contributed by atoms with Gasteiger partial charge in [-0.3, -0.25) is 19.4 Å². The molecule has 29 heavy (non-hydrogen) atoms. The molecule has 0 aliphatic carbocycles. The first-order valence-corrected chi connectivity index (χ1v) is 9.31. The van der Waals surface area contributed by atoms with Crippen LogP contribution in [-0.2, 0) is 11.3 Å². The third-order valence-corrected chi connectivity index (χ3v) is 4.53. The van der Waals surface area contributed by atoms with E-state index in [1.807, 2.05) is 12.1 Å². The standard InChI is InChI=1S/C20H16Cl2N4O3/c21-14-7-8-23-17(9-14)20(29)24-10-18(27)25-15-5-6-19(28)26(12-15)11-13-3-1-2-4-16(13)22/h1-9,12H,10-11H2,(H,24,29)(H,25,27). The van der Waals surface area contributed by atoms with Crippen molar-refractivity contribution in [3.05, 3.63) is 92.6 Å². The number of hydrogen-bond acceptors (Lipinski definition) is 4. The Kier molecular flexibility index (Phi) is 6.64. The summed E-state index contributed by atoms with van der Waals surface area (Å²) in [5, 5.41) is 6.01. The Morgan fingerprint density at radius 2 is 1.86 bits per heavy atom. The summed E-state index contributed by atoms with van der Waals surface area (Å²) in [5.74, 6) is -0.977. The molecule has 0 fully saturated rings. The lowest BCUT2D eigenvalue weighted by Gasteiger charge is -2.11. The largest absolute Gasteiger partial charge is 0.342 e. The number of nitrogens with zero attached hydrogens (tertiary/aromatic N) is 2. The van der Waals surface area contributed by atoms with Gasteiger partial charge in [0, 0.05) is 28.5 Å². The van der Waals surface area contributed by atoms with E-state index in [0.717, 1.165) is 5.56 Å². The molecule has 0 bridgehead atoms. The summed E-state index contributed by atoms with van der Waals surface area (Å²) in [7, 11) is 0. The van der Waals surface area contributed by atoms with Crippen LogP contribution in [-0.4, -0.2) is 27.9 Å². The minimum atomic E-state index is -0.522. The van der Waals surface area contributed by atoms with Crippen molar-refractivity contribution in [2.75, 3.05) is 11.9 Å². The third kappa shape index (κ3) is 5.66. The molecular formula is C20H16Cl2N4O3. The van der Waals surface area contributed by atoms with Gasteiger partial charge in [0.05, 0.1) is 18.8 Å². The summed E-state index contributed by atoms with van der Waals surface area (Å²) < 4.78 is 1.44. The molecule has 0 radical (unpaired) electrons. The van der Waals surface area contributed by atoms with Gasteiger partial charge in [-0.1, -0.05) is 41.4 Å². The summed E-state index contributed by atoms with van der Waals surface area (Å²) >= 11 is 12.0. The van der Waals surface area contributed by atoms with Crippen molar-refractivity contribution < 1.29 is 9.59 Å². The molecule has 9 heteroatoms. The molecule has 0 saturated heterocycles. The first kappa shape index (κ1) is 20.6. The van der Waals surface area contributed by atoms with E-state index in [0.29, 0.717) is 15.7 Å². The Bertz CT molecular complexity index is 1110. The molecule has 0 atom stereocenters. The van der Waals surface area contributed by atoms with Crippen LogP contribution in [0.5, 0.6) is 0 Å². The molecule has 2 aromatic heterocycles. The summed E-state index contributed by atoms with van der Waals surface area (Å²) in [4.78, 5) is 40.2. The highest BCUT2D eigenvalue weighted by Gasteiger charge is 2.11. The number of pyridine rings is 2. The van der Waals surface area contributed by atoms with E-state index in [1.165, 1.54) is 35.2 Å². The average Bonchev–Trinajstić information content (AvgIpc) is 2.70. The number of amides is 2. The molecule has 7 nitrogen and oxygen atoms in total. The minimum absolute atomic E-state index is 0.110. The number of hydrogen-bond donors (Lipinski definition) is 2. The van der Waals surface area contributed by atoms with Crippen molar-refractivity contribution >= 4 is 40.7 Å². The zero-order chi connectivity index (χ0) is 20.8. The van der Waals surface area contributed by atoms with Crippen LogP contribution in [0.3, 0.4) is 0 Å². The van der Waals surface area contributed by atoms with E-state index in [-0.39, 0.29) is 24.3 Å². The van der Waals surface area contributed by atoms with Gasteiger partial charge in [0.1, 0.15) is 5.69 Å². The highest BCUT2D eigenvalue weighted by atomic mass is 35.5. The van der Waals surface area contributed by atoms with Crippen LogP contribution in [0, 0.1) is 0 Å². The molecule has 0 unspecified atom stereocenters. The van der Waals surface area contributed by atoms with E-state index >= 15 is 0 Å². The van der Waals surface area contributed by atoms with Crippen molar-refractivity contribution in [2.45, 2.75) is 6.54 Å². The van der Waals surface area contributed by atoms with Gasteiger partial charge in [0.15, 0.2) is 0 Å². The van der Waals surface area contributed by atoms with Crippen LogP contribution < -0.4 is 16.2 Å². The predicted molar refractivity (Wildman–Crippen MR) is 111 cm³/mol. The van der Waals surface area contributed by atoms with Gasteiger partial charge >= 0.3 is 0 Å². The second-order valence-corrected chi connectivity index (χ2v) is 6.91. The van der Waals surface area contributed by atoms with Crippen LogP contribution in [0.25, 0.3) is 0 Å². The highest BCUT2D eigenvalue weighted by molar-refractivity contribution is 6.31. The normalized spacial score (nSPS) is 10.4. The van der Waals surface area contributed by atoms with Gasteiger partial charge < -0.3 is 15.2 Å². The van der Waals surface area contributed by atoms with Crippen LogP contribution >= 0.6 is 23.2 Å². The number of nitrogens with one attached hydrogen (secondary N) is 2. The summed E-state index contributed by atoms with van der Waals surface area (Å²) in [5.41, 5.74) is 1.07. The van der Waals surface area contributed by atoms with Crippen molar-refractivity contribution in [3.8, 4) is 0 Å². The number of benzene rings is 1. The van der Waals surface area contributed by atoms with Crippen molar-refractivity contribution in [2.24, 2.45) is 0 Å². The highest BCUT2D eigenvalue weighted by Crippen LogP contribution is 2.16. The van der Waals surface area contributed by atoms with Gasteiger partial charge in [-0.25, -0.2) is 0 Å². The summed E-state index contributed by atoms with van der Waals surface area (Å²) in [6.07, 6.45) is 2.92. The van der Waals surface area contributed by atoms with Gasteiger partial charge in [0.2, 0.25) is 5.91 Å². The quantitative estimate of drug-likeness (QED) is 0.628. The van der Waals surface area contributed by atoms with Gasteiger partial charge in [-0.2, -0.15) is 0 Å². The first-order chi connectivity index (χ1) is 13.9. The van der Waals surface area contributed by atoms with Crippen LogP contribution in [0.4, 0.5) is 5.69 Å². The lowest BCUT2D eigenvalue weighted by atomic mass is 10.2. The number of aromatic nitrogens is 2. The van der Waals surface area contributed by atoms with Gasteiger partial charge in [0.25, 0.3) is 11.5 Å². The molecule has 3 aromatic rings. The molecule has 0 saturated carbocycles. The number of halogens is 2. The Morgan fingerprint density at radius 3 is 2.62 bits per heavy atom. The van der Waals surface area contributed by atoms with Crippen LogP contribution in [0.1, 0.15) is 16.1 Å². The van der Waals surface area contributed by atoms with Gasteiger partial charge in [-0.15, -0.1) is 0 Å². The SMILES string of the molecule is O=C(CNC(=O)c1cc(Cl)ccn1)Nc1ccc(=O)n(Cc2ccccc2Cl)c1. The Morgan fingerprint density at radius 1 is 1.07 bits per heavy atom. The maximum Gasteiger partial charge on any atom is 0.270 e. The molecule has 0 spiro atoms. The second kappa shape index (κ2) is 9.36. The molecule has 2 amide bonds. The molecular weight excluding hydrogens is 415 g/mol. The van der Waals surface area contributed by atoms with Crippen LogP contribution in [0.15, 0.2) is 65.7 Å². The fraction of sp³-hybridized carbons (Fsp3) is 0.100. The number of rotatable bonds is 6. The van der Waals surface area contributed by atoms with Crippen molar-refractivity contribution in [1.82, 2.24) is 14.9 Å². The molecule has 0 aliphatic heterocycles. The zero-order valence-corrected chi connectivity index (χ0v) is 16.6. The Labute approximate surface area is 176 Å². The smallest absolute Gasteiger partial charge is 0.270 e. The van der Waals surface area contributed by atoms with E-state index in [1.54, 1.807) is 18.2 Å². The zero-order valence-electron chi connectivity index (χ0n) is 15.1. The topological polar surface area (TPSA) is 93.1 Å². The molecule has 2 heterocycles. The molecule has 1 aromatic carbocycles.